The van der Waals surface area contributed by atoms with Crippen LogP contribution in [0.5, 0.6) is 0 Å². The predicted octanol–water partition coefficient (Wildman–Crippen LogP) is 1.85. The Labute approximate surface area is 115 Å². The van der Waals surface area contributed by atoms with Crippen molar-refractivity contribution in [2.75, 3.05) is 31.6 Å². The van der Waals surface area contributed by atoms with E-state index in [2.05, 4.69) is 31.0 Å². The summed E-state index contributed by atoms with van der Waals surface area (Å²) in [5.74, 6) is 1.60. The first-order valence-corrected chi connectivity index (χ1v) is 9.03. The van der Waals surface area contributed by atoms with Crippen LogP contribution < -0.4 is 5.32 Å². The van der Waals surface area contributed by atoms with E-state index in [0.717, 1.165) is 37.7 Å². The number of nitrogens with zero attached hydrogens (tertiary/aromatic N) is 1. The highest BCUT2D eigenvalue weighted by Gasteiger charge is 2.26. The van der Waals surface area contributed by atoms with Crippen molar-refractivity contribution in [3.63, 3.8) is 0 Å². The highest BCUT2D eigenvalue weighted by Crippen LogP contribution is 2.15. The molecule has 1 aliphatic rings. The Kier molecular flexibility index (Phi) is 7.42. The Balaban J connectivity index is 2.40. The monoisotopic (exact) mass is 274 g/mol. The topological polar surface area (TPSA) is 32.3 Å². The maximum Gasteiger partial charge on any atom is 0.0244 e. The molecule has 1 N–H and O–H groups in total. The predicted molar refractivity (Wildman–Crippen MR) is 80.4 cm³/mol. The Morgan fingerprint density at radius 2 is 2.17 bits per heavy atom. The third-order valence-electron chi connectivity index (χ3n) is 3.72. The summed E-state index contributed by atoms with van der Waals surface area (Å²) < 4.78 is 11.1. The van der Waals surface area contributed by atoms with Crippen molar-refractivity contribution in [2.24, 2.45) is 5.92 Å². The molecule has 0 saturated carbocycles. The van der Waals surface area contributed by atoms with E-state index < -0.39 is 10.8 Å². The minimum absolute atomic E-state index is 0.639. The molecule has 18 heavy (non-hydrogen) atoms. The van der Waals surface area contributed by atoms with Gasteiger partial charge in [-0.25, -0.2) is 0 Å². The highest BCUT2D eigenvalue weighted by molar-refractivity contribution is 7.84. The summed E-state index contributed by atoms with van der Waals surface area (Å²) in [6.07, 6.45) is 5.33. The molecule has 3 unspecified atom stereocenters. The van der Waals surface area contributed by atoms with Gasteiger partial charge in [0.25, 0.3) is 0 Å². The second-order valence-electron chi connectivity index (χ2n) is 5.92. The van der Waals surface area contributed by atoms with Gasteiger partial charge in [0, 0.05) is 48.0 Å². The lowest BCUT2D eigenvalue weighted by Crippen LogP contribution is -2.56. The summed E-state index contributed by atoms with van der Waals surface area (Å²) in [6, 6.07) is 1.30. The number of rotatable bonds is 7. The van der Waals surface area contributed by atoms with Gasteiger partial charge in [-0.3, -0.25) is 9.11 Å². The van der Waals surface area contributed by atoms with Crippen LogP contribution in [0.4, 0.5) is 0 Å². The van der Waals surface area contributed by atoms with Gasteiger partial charge in [-0.15, -0.1) is 0 Å². The van der Waals surface area contributed by atoms with Gasteiger partial charge in [-0.05, 0) is 31.7 Å². The molecule has 0 bridgehead atoms. The maximum atomic E-state index is 11.1. The van der Waals surface area contributed by atoms with Gasteiger partial charge in [0.15, 0.2) is 0 Å². The molecule has 0 aromatic heterocycles. The third kappa shape index (κ3) is 5.81. The molecule has 1 heterocycles. The third-order valence-corrected chi connectivity index (χ3v) is 4.58. The van der Waals surface area contributed by atoms with E-state index in [0.29, 0.717) is 12.1 Å². The van der Waals surface area contributed by atoms with Crippen LogP contribution in [0.3, 0.4) is 0 Å². The Bertz CT molecular complexity index is 258. The van der Waals surface area contributed by atoms with Gasteiger partial charge in [-0.2, -0.15) is 0 Å². The van der Waals surface area contributed by atoms with E-state index in [9.17, 15) is 4.21 Å². The lowest BCUT2D eigenvalue weighted by atomic mass is 9.99. The van der Waals surface area contributed by atoms with E-state index in [4.69, 9.17) is 0 Å². The zero-order chi connectivity index (χ0) is 13.5. The fourth-order valence-corrected chi connectivity index (χ4v) is 3.34. The zero-order valence-corrected chi connectivity index (χ0v) is 13.3. The summed E-state index contributed by atoms with van der Waals surface area (Å²) in [5.41, 5.74) is 0. The molecule has 1 saturated heterocycles. The lowest BCUT2D eigenvalue weighted by Gasteiger charge is -2.40. The molecule has 1 fully saturated rings. The van der Waals surface area contributed by atoms with E-state index in [-0.39, 0.29) is 0 Å². The van der Waals surface area contributed by atoms with Gasteiger partial charge in [0.2, 0.25) is 0 Å². The molecule has 1 aliphatic heterocycles. The first-order chi connectivity index (χ1) is 8.52. The number of piperazine rings is 1. The van der Waals surface area contributed by atoms with Crippen LogP contribution in [0.25, 0.3) is 0 Å². The van der Waals surface area contributed by atoms with Crippen LogP contribution >= 0.6 is 0 Å². The van der Waals surface area contributed by atoms with Crippen molar-refractivity contribution in [3.05, 3.63) is 0 Å². The van der Waals surface area contributed by atoms with Gasteiger partial charge in [0.05, 0.1) is 0 Å². The Hall–Kier alpha value is 0.0700. The van der Waals surface area contributed by atoms with E-state index in [1.54, 1.807) is 6.26 Å². The largest absolute Gasteiger partial charge is 0.311 e. The fraction of sp³-hybridized carbons (Fsp3) is 1.00. The fourth-order valence-electron chi connectivity index (χ4n) is 2.80. The van der Waals surface area contributed by atoms with Crippen LogP contribution in [0, 0.1) is 5.92 Å². The number of nitrogens with one attached hydrogen (secondary N) is 1. The summed E-state index contributed by atoms with van der Waals surface area (Å²) in [5, 5.41) is 3.68. The molecule has 0 aromatic rings. The van der Waals surface area contributed by atoms with Gasteiger partial charge in [-0.1, -0.05) is 20.8 Å². The molecular formula is C14H30N2OS. The smallest absolute Gasteiger partial charge is 0.0244 e. The molecule has 3 atom stereocenters. The molecule has 0 spiro atoms. The van der Waals surface area contributed by atoms with Crippen LogP contribution in [0.2, 0.25) is 0 Å². The quantitative estimate of drug-likeness (QED) is 0.769. The molecule has 3 nitrogen and oxygen atoms in total. The molecule has 1 rings (SSSR count). The average molecular weight is 274 g/mol. The Morgan fingerprint density at radius 1 is 1.44 bits per heavy atom. The molecule has 0 radical (unpaired) electrons. The average Bonchev–Trinajstić information content (AvgIpc) is 2.28. The van der Waals surface area contributed by atoms with Gasteiger partial charge in [0.1, 0.15) is 0 Å². The van der Waals surface area contributed by atoms with Crippen LogP contribution in [-0.4, -0.2) is 52.8 Å². The van der Waals surface area contributed by atoms with Crippen molar-refractivity contribution in [1.82, 2.24) is 10.2 Å². The van der Waals surface area contributed by atoms with E-state index in [1.807, 2.05) is 0 Å². The minimum Gasteiger partial charge on any atom is -0.311 e. The normalized spacial score (nSPS) is 27.6. The summed E-state index contributed by atoms with van der Waals surface area (Å²) in [7, 11) is -0.643. The molecular weight excluding hydrogens is 244 g/mol. The number of hydrogen-bond acceptors (Lipinski definition) is 3. The summed E-state index contributed by atoms with van der Waals surface area (Å²) in [4.78, 5) is 2.61. The van der Waals surface area contributed by atoms with Crippen molar-refractivity contribution in [1.29, 1.82) is 0 Å². The first-order valence-electron chi connectivity index (χ1n) is 7.30. The van der Waals surface area contributed by atoms with Crippen molar-refractivity contribution in [3.8, 4) is 0 Å². The molecule has 0 aliphatic carbocycles. The van der Waals surface area contributed by atoms with Gasteiger partial charge < -0.3 is 5.32 Å². The molecule has 0 aromatic carbocycles. The molecule has 4 heteroatoms. The van der Waals surface area contributed by atoms with Crippen molar-refractivity contribution < 1.29 is 4.21 Å². The summed E-state index contributed by atoms with van der Waals surface area (Å²) >= 11 is 0. The Morgan fingerprint density at radius 3 is 2.72 bits per heavy atom. The zero-order valence-electron chi connectivity index (χ0n) is 12.4. The van der Waals surface area contributed by atoms with Gasteiger partial charge >= 0.3 is 0 Å². The summed E-state index contributed by atoms with van der Waals surface area (Å²) in [6.45, 7) is 10.2. The van der Waals surface area contributed by atoms with Crippen LogP contribution in [0.1, 0.15) is 40.0 Å². The van der Waals surface area contributed by atoms with Crippen LogP contribution in [-0.2, 0) is 10.8 Å². The second-order valence-corrected chi connectivity index (χ2v) is 7.48. The molecule has 0 amide bonds. The standard InChI is InChI=1S/C14H30N2OS/c1-5-14-10-15-13(9-12(2)3)11-16(14)7-6-8-18(4)17/h12-15H,5-11H2,1-4H3. The highest BCUT2D eigenvalue weighted by atomic mass is 32.2. The van der Waals surface area contributed by atoms with Crippen molar-refractivity contribution in [2.45, 2.75) is 52.1 Å². The van der Waals surface area contributed by atoms with Crippen LogP contribution in [0.15, 0.2) is 0 Å². The lowest BCUT2D eigenvalue weighted by molar-refractivity contribution is 0.119. The SMILES string of the molecule is CCC1CNC(CC(C)C)CN1CCCS(C)=O. The van der Waals surface area contributed by atoms with E-state index >= 15 is 0 Å². The minimum atomic E-state index is -0.643. The molecule has 108 valence electrons. The first kappa shape index (κ1) is 16.1. The van der Waals surface area contributed by atoms with E-state index in [1.165, 1.54) is 12.8 Å². The van der Waals surface area contributed by atoms with Crippen molar-refractivity contribution >= 4 is 10.8 Å². The number of hydrogen-bond donors (Lipinski definition) is 1. The maximum absolute atomic E-state index is 11.1. The second kappa shape index (κ2) is 8.28.